The van der Waals surface area contributed by atoms with Gasteiger partial charge in [0, 0.05) is 5.56 Å². The second-order valence-electron chi connectivity index (χ2n) is 7.47. The molecule has 156 valence electrons. The van der Waals surface area contributed by atoms with Crippen molar-refractivity contribution in [1.82, 2.24) is 0 Å². The fourth-order valence-electron chi connectivity index (χ4n) is 3.32. The number of nitrogens with zero attached hydrogens (tertiary/aromatic N) is 1. The molecular weight excluding hydrogens is 524 g/mol. The first-order valence-electron chi connectivity index (χ1n) is 8.99. The highest BCUT2D eigenvalue weighted by atomic mass is 79.9. The van der Waals surface area contributed by atoms with E-state index in [0.29, 0.717) is 0 Å². The fourth-order valence-corrected chi connectivity index (χ4v) is 3.89. The SMILES string of the molecule is CC1(C)C(C=C(Br)Br)C1C(=O)OC(C#N)c1ccc(F)c(Oc2ccc(F)cc2)c1. The van der Waals surface area contributed by atoms with Crippen molar-refractivity contribution >= 4 is 37.8 Å². The first-order chi connectivity index (χ1) is 14.1. The van der Waals surface area contributed by atoms with E-state index in [1.54, 1.807) is 0 Å². The van der Waals surface area contributed by atoms with E-state index in [2.05, 4.69) is 31.9 Å². The van der Waals surface area contributed by atoms with E-state index in [-0.39, 0.29) is 28.4 Å². The maximum absolute atomic E-state index is 14.2. The molecule has 0 N–H and O–H groups in total. The van der Waals surface area contributed by atoms with Crippen molar-refractivity contribution in [2.75, 3.05) is 0 Å². The zero-order valence-electron chi connectivity index (χ0n) is 16.0. The van der Waals surface area contributed by atoms with Gasteiger partial charge in [-0.25, -0.2) is 8.78 Å². The predicted molar refractivity (Wildman–Crippen MR) is 114 cm³/mol. The normalized spacial score (nSPS) is 19.9. The summed E-state index contributed by atoms with van der Waals surface area (Å²) in [6.45, 7) is 3.88. The smallest absolute Gasteiger partial charge is 0.311 e. The number of ether oxygens (including phenoxy) is 2. The molecule has 1 saturated carbocycles. The zero-order chi connectivity index (χ0) is 22.1. The van der Waals surface area contributed by atoms with Crippen LogP contribution in [0.3, 0.4) is 0 Å². The maximum Gasteiger partial charge on any atom is 0.311 e. The molecule has 1 aliphatic carbocycles. The lowest BCUT2D eigenvalue weighted by atomic mass is 10.1. The van der Waals surface area contributed by atoms with Gasteiger partial charge in [0.05, 0.1) is 9.31 Å². The highest BCUT2D eigenvalue weighted by molar-refractivity contribution is 9.28. The molecule has 0 amide bonds. The van der Waals surface area contributed by atoms with Crippen LogP contribution < -0.4 is 4.74 Å². The highest BCUT2D eigenvalue weighted by Gasteiger charge is 2.61. The van der Waals surface area contributed by atoms with Crippen LogP contribution in [0.4, 0.5) is 8.78 Å². The third kappa shape index (κ3) is 4.90. The maximum atomic E-state index is 14.2. The molecule has 2 aromatic carbocycles. The number of hydrogen-bond donors (Lipinski definition) is 0. The fraction of sp³-hybridized carbons (Fsp3) is 0.273. The summed E-state index contributed by atoms with van der Waals surface area (Å²) in [5.74, 6) is -1.98. The summed E-state index contributed by atoms with van der Waals surface area (Å²) in [4.78, 5) is 12.7. The highest BCUT2D eigenvalue weighted by Crippen LogP contribution is 2.60. The number of carbonyl (C=O) groups is 1. The number of rotatable bonds is 6. The van der Waals surface area contributed by atoms with Gasteiger partial charge >= 0.3 is 5.97 Å². The van der Waals surface area contributed by atoms with Crippen LogP contribution in [0.15, 0.2) is 51.9 Å². The third-order valence-electron chi connectivity index (χ3n) is 5.12. The van der Waals surface area contributed by atoms with E-state index in [1.165, 1.54) is 36.4 Å². The first-order valence-corrected chi connectivity index (χ1v) is 10.6. The molecular formula is C22H17Br2F2NO3. The number of halogens is 4. The summed E-state index contributed by atoms with van der Waals surface area (Å²) in [5, 5.41) is 9.52. The number of carbonyl (C=O) groups excluding carboxylic acids is 1. The second-order valence-corrected chi connectivity index (χ2v) is 10.2. The van der Waals surface area contributed by atoms with Crippen LogP contribution in [0.1, 0.15) is 25.5 Å². The standard InChI is InChI=1S/C22H17Br2F2NO3/c1-22(2)15(10-19(23)24)20(22)21(28)30-18(11-27)12-3-8-16(26)17(9-12)29-14-6-4-13(25)5-7-14/h3-10,15,18,20H,1-2H3. The molecule has 1 aliphatic rings. The quantitative estimate of drug-likeness (QED) is 0.379. The van der Waals surface area contributed by atoms with Gasteiger partial charge in [-0.2, -0.15) is 5.26 Å². The number of allylic oxidation sites excluding steroid dienone is 1. The van der Waals surface area contributed by atoms with Crippen LogP contribution in [-0.2, 0) is 9.53 Å². The van der Waals surface area contributed by atoms with E-state index in [1.807, 2.05) is 26.0 Å². The summed E-state index contributed by atoms with van der Waals surface area (Å²) in [7, 11) is 0. The molecule has 4 nitrogen and oxygen atoms in total. The van der Waals surface area contributed by atoms with Crippen molar-refractivity contribution in [3.05, 3.63) is 69.1 Å². The Labute approximate surface area is 189 Å². The summed E-state index contributed by atoms with van der Waals surface area (Å²) in [6.07, 6.45) is 0.655. The Morgan fingerprint density at radius 2 is 1.87 bits per heavy atom. The van der Waals surface area contributed by atoms with Crippen molar-refractivity contribution in [3.63, 3.8) is 0 Å². The molecule has 0 spiro atoms. The van der Waals surface area contributed by atoms with Crippen LogP contribution in [-0.4, -0.2) is 5.97 Å². The minimum Gasteiger partial charge on any atom is -0.454 e. The minimum atomic E-state index is -1.22. The molecule has 3 rings (SSSR count). The number of nitriles is 1. The van der Waals surface area contributed by atoms with Crippen LogP contribution in [0.5, 0.6) is 11.5 Å². The molecule has 0 saturated heterocycles. The Kier molecular flexibility index (Phi) is 6.63. The molecule has 3 atom stereocenters. The van der Waals surface area contributed by atoms with Crippen molar-refractivity contribution in [3.8, 4) is 17.6 Å². The van der Waals surface area contributed by atoms with Gasteiger partial charge in [-0.1, -0.05) is 26.0 Å². The largest absolute Gasteiger partial charge is 0.454 e. The molecule has 3 unspecified atom stereocenters. The van der Waals surface area contributed by atoms with Crippen molar-refractivity contribution in [2.45, 2.75) is 20.0 Å². The van der Waals surface area contributed by atoms with Crippen molar-refractivity contribution < 1.29 is 23.0 Å². The number of benzene rings is 2. The molecule has 2 aromatic rings. The van der Waals surface area contributed by atoms with Crippen LogP contribution >= 0.6 is 31.9 Å². The van der Waals surface area contributed by atoms with E-state index in [0.717, 1.165) is 9.46 Å². The Balaban J connectivity index is 1.77. The monoisotopic (exact) mass is 539 g/mol. The summed E-state index contributed by atoms with van der Waals surface area (Å²) in [6, 6.07) is 10.8. The van der Waals surface area contributed by atoms with Crippen LogP contribution in [0, 0.1) is 40.2 Å². The molecule has 8 heteroatoms. The zero-order valence-corrected chi connectivity index (χ0v) is 19.2. The average molecular weight is 541 g/mol. The van der Waals surface area contributed by atoms with Gasteiger partial charge in [-0.05, 0) is 79.6 Å². The molecule has 0 radical (unpaired) electrons. The first kappa shape index (κ1) is 22.4. The third-order valence-corrected chi connectivity index (χ3v) is 5.65. The van der Waals surface area contributed by atoms with Gasteiger partial charge < -0.3 is 9.47 Å². The lowest BCUT2D eigenvalue weighted by Crippen LogP contribution is -2.14. The molecule has 0 aromatic heterocycles. The van der Waals surface area contributed by atoms with Gasteiger partial charge in [0.15, 0.2) is 11.6 Å². The van der Waals surface area contributed by atoms with Crippen molar-refractivity contribution in [1.29, 1.82) is 5.26 Å². The summed E-state index contributed by atoms with van der Waals surface area (Å²) >= 11 is 6.59. The van der Waals surface area contributed by atoms with Gasteiger partial charge in [0.2, 0.25) is 6.10 Å². The lowest BCUT2D eigenvalue weighted by Gasteiger charge is -2.14. The molecule has 0 heterocycles. The van der Waals surface area contributed by atoms with E-state index >= 15 is 0 Å². The average Bonchev–Trinajstić information content (AvgIpc) is 3.22. The Bertz CT molecular complexity index is 1030. The summed E-state index contributed by atoms with van der Waals surface area (Å²) < 4.78 is 38.8. The van der Waals surface area contributed by atoms with Gasteiger partial charge in [-0.3, -0.25) is 4.79 Å². The van der Waals surface area contributed by atoms with Crippen LogP contribution in [0.25, 0.3) is 0 Å². The second kappa shape index (κ2) is 8.86. The Hall–Kier alpha value is -2.24. The van der Waals surface area contributed by atoms with Crippen molar-refractivity contribution in [2.24, 2.45) is 17.3 Å². The van der Waals surface area contributed by atoms with Crippen LogP contribution in [0.2, 0.25) is 0 Å². The lowest BCUT2D eigenvalue weighted by molar-refractivity contribution is -0.149. The van der Waals surface area contributed by atoms with E-state index in [4.69, 9.17) is 9.47 Å². The molecule has 0 aliphatic heterocycles. The minimum absolute atomic E-state index is 0.0383. The van der Waals surface area contributed by atoms with E-state index in [9.17, 15) is 18.8 Å². The molecule has 0 bridgehead atoms. The molecule has 1 fully saturated rings. The topological polar surface area (TPSA) is 59.3 Å². The number of hydrogen-bond acceptors (Lipinski definition) is 4. The summed E-state index contributed by atoms with van der Waals surface area (Å²) in [5.41, 5.74) is -0.0274. The van der Waals surface area contributed by atoms with E-state index < -0.39 is 29.6 Å². The van der Waals surface area contributed by atoms with Gasteiger partial charge in [0.25, 0.3) is 0 Å². The predicted octanol–water partition coefficient (Wildman–Crippen LogP) is 6.77. The molecule has 30 heavy (non-hydrogen) atoms. The number of esters is 1. The Morgan fingerprint density at radius 1 is 1.20 bits per heavy atom. The Morgan fingerprint density at radius 3 is 2.47 bits per heavy atom. The van der Waals surface area contributed by atoms with Gasteiger partial charge in [0.1, 0.15) is 17.6 Å². The van der Waals surface area contributed by atoms with Gasteiger partial charge in [-0.15, -0.1) is 0 Å².